The van der Waals surface area contributed by atoms with Crippen molar-refractivity contribution in [1.29, 1.82) is 5.26 Å². The molecule has 0 heterocycles. The molecule has 1 aromatic carbocycles. The van der Waals surface area contributed by atoms with Gasteiger partial charge in [0, 0.05) is 0 Å². The second kappa shape index (κ2) is 6.30. The van der Waals surface area contributed by atoms with Crippen molar-refractivity contribution < 1.29 is 19.0 Å². The molecule has 5 heteroatoms. The highest BCUT2D eigenvalue weighted by Crippen LogP contribution is 2.39. The topological polar surface area (TPSA) is 68.5 Å². The van der Waals surface area contributed by atoms with Crippen LogP contribution in [0.1, 0.15) is 5.56 Å². The van der Waals surface area contributed by atoms with Crippen LogP contribution >= 0.6 is 0 Å². The van der Waals surface area contributed by atoms with Crippen molar-refractivity contribution >= 4 is 11.9 Å². The molecule has 0 saturated carbocycles. The molecule has 0 aliphatic carbocycles. The Kier molecular flexibility index (Phi) is 4.76. The third-order valence-corrected chi connectivity index (χ3v) is 2.33. The number of carbonyl (C=O) groups excluding carboxylic acids is 1. The van der Waals surface area contributed by atoms with Crippen molar-refractivity contribution in [3.05, 3.63) is 23.8 Å². The zero-order chi connectivity index (χ0) is 13.5. The number of rotatable bonds is 5. The summed E-state index contributed by atoms with van der Waals surface area (Å²) in [4.78, 5) is 10.5. The molecule has 0 radical (unpaired) electrons. The van der Waals surface area contributed by atoms with Crippen molar-refractivity contribution in [2.75, 3.05) is 21.3 Å². The number of hydrogen-bond donors (Lipinski definition) is 0. The second-order valence-electron chi connectivity index (χ2n) is 3.24. The normalized spacial score (nSPS) is 10.4. The van der Waals surface area contributed by atoms with E-state index in [4.69, 9.17) is 19.5 Å². The van der Waals surface area contributed by atoms with Gasteiger partial charge in [-0.3, -0.25) is 4.79 Å². The predicted octanol–water partition coefficient (Wildman–Crippen LogP) is 1.82. The van der Waals surface area contributed by atoms with Gasteiger partial charge in [-0.25, -0.2) is 0 Å². The van der Waals surface area contributed by atoms with Crippen LogP contribution in [0.3, 0.4) is 0 Å². The second-order valence-corrected chi connectivity index (χ2v) is 3.24. The number of aldehydes is 1. The third kappa shape index (κ3) is 2.61. The Hall–Kier alpha value is -2.48. The first kappa shape index (κ1) is 13.6. The molecule has 0 unspecified atom stereocenters. The van der Waals surface area contributed by atoms with Gasteiger partial charge in [0.25, 0.3) is 0 Å². The maximum atomic E-state index is 10.5. The van der Waals surface area contributed by atoms with Crippen LogP contribution in [0.4, 0.5) is 0 Å². The monoisotopic (exact) mass is 247 g/mol. The number of carbonyl (C=O) groups is 1. The number of methoxy groups -OCH3 is 3. The molecule has 0 spiro atoms. The largest absolute Gasteiger partial charge is 0.493 e. The van der Waals surface area contributed by atoms with E-state index in [9.17, 15) is 4.79 Å². The van der Waals surface area contributed by atoms with E-state index in [1.165, 1.54) is 27.4 Å². The lowest BCUT2D eigenvalue weighted by Crippen LogP contribution is -1.96. The van der Waals surface area contributed by atoms with Gasteiger partial charge in [0.1, 0.15) is 6.29 Å². The summed E-state index contributed by atoms with van der Waals surface area (Å²) in [6, 6.07) is 5.16. The fourth-order valence-corrected chi connectivity index (χ4v) is 1.50. The summed E-state index contributed by atoms with van der Waals surface area (Å²) in [5.74, 6) is 1.30. The molecule has 5 nitrogen and oxygen atoms in total. The number of nitrogens with zero attached hydrogens (tertiary/aromatic N) is 1. The highest BCUT2D eigenvalue weighted by atomic mass is 16.5. The first-order chi connectivity index (χ1) is 8.71. The quantitative estimate of drug-likeness (QED) is 0.451. The minimum Gasteiger partial charge on any atom is -0.493 e. The van der Waals surface area contributed by atoms with Crippen molar-refractivity contribution in [3.8, 4) is 23.3 Å². The molecule has 0 aliphatic rings. The van der Waals surface area contributed by atoms with Gasteiger partial charge in [0.2, 0.25) is 5.75 Å². The number of ether oxygens (including phenoxy) is 3. The number of nitriles is 1. The Bertz CT molecular complexity index is 489. The molecule has 0 aromatic heterocycles. The van der Waals surface area contributed by atoms with Gasteiger partial charge in [-0.1, -0.05) is 0 Å². The summed E-state index contributed by atoms with van der Waals surface area (Å²) in [6.07, 6.45) is 1.74. The van der Waals surface area contributed by atoms with Gasteiger partial charge in [-0.05, 0) is 23.8 Å². The average molecular weight is 247 g/mol. The van der Waals surface area contributed by atoms with Crippen LogP contribution in [-0.2, 0) is 4.79 Å². The van der Waals surface area contributed by atoms with Crippen LogP contribution in [0, 0.1) is 11.3 Å². The van der Waals surface area contributed by atoms with E-state index in [0.29, 0.717) is 29.1 Å². The zero-order valence-corrected chi connectivity index (χ0v) is 10.4. The lowest BCUT2D eigenvalue weighted by atomic mass is 10.1. The summed E-state index contributed by atoms with van der Waals surface area (Å²) < 4.78 is 15.5. The van der Waals surface area contributed by atoms with Crippen molar-refractivity contribution in [2.45, 2.75) is 0 Å². The van der Waals surface area contributed by atoms with Crippen LogP contribution in [0.5, 0.6) is 17.2 Å². The zero-order valence-electron chi connectivity index (χ0n) is 10.4. The number of benzene rings is 1. The number of allylic oxidation sites excluding steroid dienone is 2. The standard InChI is InChI=1S/C13H13NO4/c1-16-11-6-10(9(8-14)4-5-15)7-12(17-2)13(11)18-3/h4-7H,1-3H3. The maximum absolute atomic E-state index is 10.5. The highest BCUT2D eigenvalue weighted by molar-refractivity contribution is 5.89. The Morgan fingerprint density at radius 2 is 1.72 bits per heavy atom. The molecule has 0 aliphatic heterocycles. The molecule has 0 N–H and O–H groups in total. The van der Waals surface area contributed by atoms with E-state index in [2.05, 4.69) is 0 Å². The van der Waals surface area contributed by atoms with Crippen LogP contribution in [-0.4, -0.2) is 27.6 Å². The minimum absolute atomic E-state index is 0.226. The van der Waals surface area contributed by atoms with Crippen LogP contribution in [0.15, 0.2) is 18.2 Å². The van der Waals surface area contributed by atoms with Crippen LogP contribution in [0.25, 0.3) is 5.57 Å². The van der Waals surface area contributed by atoms with Gasteiger partial charge in [0.05, 0.1) is 33.0 Å². The molecule has 0 amide bonds. The van der Waals surface area contributed by atoms with Crippen molar-refractivity contribution in [3.63, 3.8) is 0 Å². The lowest BCUT2D eigenvalue weighted by Gasteiger charge is -2.13. The third-order valence-electron chi connectivity index (χ3n) is 2.33. The van der Waals surface area contributed by atoms with E-state index in [1.54, 1.807) is 12.1 Å². The Morgan fingerprint density at radius 1 is 1.17 bits per heavy atom. The molecule has 1 rings (SSSR count). The molecular formula is C13H13NO4. The number of hydrogen-bond acceptors (Lipinski definition) is 5. The summed E-state index contributed by atoms with van der Waals surface area (Å²) in [7, 11) is 4.46. The SMILES string of the molecule is COc1cc(C(C#N)=CC=O)cc(OC)c1OC. The van der Waals surface area contributed by atoms with Crippen LogP contribution < -0.4 is 14.2 Å². The fraction of sp³-hybridized carbons (Fsp3) is 0.231. The molecule has 0 bridgehead atoms. The molecule has 1 aromatic rings. The highest BCUT2D eigenvalue weighted by Gasteiger charge is 2.14. The first-order valence-electron chi connectivity index (χ1n) is 5.07. The summed E-state index contributed by atoms with van der Waals surface area (Å²) >= 11 is 0. The van der Waals surface area contributed by atoms with E-state index >= 15 is 0 Å². The van der Waals surface area contributed by atoms with Gasteiger partial charge < -0.3 is 14.2 Å². The summed E-state index contributed by atoms with van der Waals surface area (Å²) in [5.41, 5.74) is 0.753. The van der Waals surface area contributed by atoms with E-state index < -0.39 is 0 Å². The van der Waals surface area contributed by atoms with Gasteiger partial charge in [-0.15, -0.1) is 0 Å². The average Bonchev–Trinajstić information content (AvgIpc) is 2.42. The fourth-order valence-electron chi connectivity index (χ4n) is 1.50. The van der Waals surface area contributed by atoms with E-state index in [-0.39, 0.29) is 5.57 Å². The summed E-state index contributed by atoms with van der Waals surface area (Å²) in [5, 5.41) is 8.97. The molecule has 18 heavy (non-hydrogen) atoms. The Morgan fingerprint density at radius 3 is 2.06 bits per heavy atom. The first-order valence-corrected chi connectivity index (χ1v) is 5.07. The van der Waals surface area contributed by atoms with Crippen molar-refractivity contribution in [1.82, 2.24) is 0 Å². The Balaban J connectivity index is 3.45. The molecule has 94 valence electrons. The molecule has 0 saturated heterocycles. The van der Waals surface area contributed by atoms with Crippen molar-refractivity contribution in [2.24, 2.45) is 0 Å². The molecule has 0 fully saturated rings. The molecular weight excluding hydrogens is 234 g/mol. The summed E-state index contributed by atoms with van der Waals surface area (Å²) in [6.45, 7) is 0. The van der Waals surface area contributed by atoms with Gasteiger partial charge in [-0.2, -0.15) is 5.26 Å². The lowest BCUT2D eigenvalue weighted by molar-refractivity contribution is -0.104. The van der Waals surface area contributed by atoms with E-state index in [1.807, 2.05) is 6.07 Å². The predicted molar refractivity (Wildman–Crippen MR) is 65.8 cm³/mol. The van der Waals surface area contributed by atoms with Gasteiger partial charge in [0.15, 0.2) is 11.5 Å². The van der Waals surface area contributed by atoms with Gasteiger partial charge >= 0.3 is 0 Å². The van der Waals surface area contributed by atoms with Crippen LogP contribution in [0.2, 0.25) is 0 Å². The van der Waals surface area contributed by atoms with E-state index in [0.717, 1.165) is 0 Å². The maximum Gasteiger partial charge on any atom is 0.203 e. The molecule has 0 atom stereocenters. The minimum atomic E-state index is 0.226. The smallest absolute Gasteiger partial charge is 0.203 e. The Labute approximate surface area is 105 Å².